The molecule has 40 heavy (non-hydrogen) atoms. The molecular formula is C28H28ClN5O5S. The molecule has 3 aromatic carbocycles. The van der Waals surface area contributed by atoms with Crippen LogP contribution in [0.4, 0.5) is 5.69 Å². The number of nitrogens with zero attached hydrogens (tertiary/aromatic N) is 3. The molecule has 0 aliphatic heterocycles. The summed E-state index contributed by atoms with van der Waals surface area (Å²) in [5.41, 5.74) is 1.90. The quantitative estimate of drug-likeness (QED) is 0.268. The fourth-order valence-corrected chi connectivity index (χ4v) is 5.61. The minimum atomic E-state index is -4.10. The average Bonchev–Trinajstić information content (AvgIpc) is 3.69. The second-order valence-electron chi connectivity index (χ2n) is 9.32. The Morgan fingerprint density at radius 1 is 1.05 bits per heavy atom. The lowest BCUT2D eigenvalue weighted by Gasteiger charge is -2.15. The highest BCUT2D eigenvalue weighted by Crippen LogP contribution is 2.38. The zero-order chi connectivity index (χ0) is 28.3. The van der Waals surface area contributed by atoms with Gasteiger partial charge in [-0.15, -0.1) is 0 Å². The van der Waals surface area contributed by atoms with Crippen molar-refractivity contribution in [1.82, 2.24) is 19.5 Å². The molecule has 1 fully saturated rings. The minimum Gasteiger partial charge on any atom is -0.497 e. The van der Waals surface area contributed by atoms with Crippen LogP contribution in [0.2, 0.25) is 5.02 Å². The van der Waals surface area contributed by atoms with Crippen LogP contribution in [0.3, 0.4) is 0 Å². The van der Waals surface area contributed by atoms with Crippen molar-refractivity contribution in [2.45, 2.75) is 36.6 Å². The first-order valence-corrected chi connectivity index (χ1v) is 14.4. The molecule has 208 valence electrons. The topological polar surface area (TPSA) is 124 Å². The summed E-state index contributed by atoms with van der Waals surface area (Å²) in [7, 11) is -1.05. The van der Waals surface area contributed by atoms with Crippen LogP contribution in [-0.2, 0) is 27.8 Å². The molecule has 1 saturated carbocycles. The Morgan fingerprint density at radius 2 is 1.85 bits per heavy atom. The van der Waals surface area contributed by atoms with Gasteiger partial charge in [0.15, 0.2) is 5.82 Å². The van der Waals surface area contributed by atoms with Crippen LogP contribution in [0.1, 0.15) is 35.7 Å². The van der Waals surface area contributed by atoms with Gasteiger partial charge in [-0.05, 0) is 48.7 Å². The average molecular weight is 582 g/mol. The Labute approximate surface area is 237 Å². The van der Waals surface area contributed by atoms with Gasteiger partial charge < -0.3 is 14.8 Å². The van der Waals surface area contributed by atoms with E-state index in [1.54, 1.807) is 54.6 Å². The molecule has 0 unspecified atom stereocenters. The standard InChI is InChI=1S/C28H28ClN5O5S/c1-38-22-11-9-20(25(15-22)39-2)16-31-40(36,37)26-14-21(32-27(35)13-19-5-3-4-6-23(19)29)10-12-24(26)34-17-30-28(33-34)18-7-8-18/h3-6,9-12,14-15,17-18,31H,7-8,13,16H2,1-2H3,(H,32,35). The van der Waals surface area contributed by atoms with Crippen molar-refractivity contribution in [3.63, 3.8) is 0 Å². The fourth-order valence-electron chi connectivity index (χ4n) is 4.19. The summed E-state index contributed by atoms with van der Waals surface area (Å²) in [4.78, 5) is 17.1. The van der Waals surface area contributed by atoms with Gasteiger partial charge in [0.2, 0.25) is 15.9 Å². The summed E-state index contributed by atoms with van der Waals surface area (Å²) in [6.07, 6.45) is 3.56. The van der Waals surface area contributed by atoms with Crippen LogP contribution in [-0.4, -0.2) is 43.3 Å². The number of hydrogen-bond donors (Lipinski definition) is 2. The predicted octanol–water partition coefficient (Wildman–Crippen LogP) is 4.48. The van der Waals surface area contributed by atoms with Crippen molar-refractivity contribution in [2.24, 2.45) is 0 Å². The van der Waals surface area contributed by atoms with Crippen molar-refractivity contribution in [1.29, 1.82) is 0 Å². The number of amides is 1. The van der Waals surface area contributed by atoms with E-state index < -0.39 is 10.0 Å². The maximum absolute atomic E-state index is 13.7. The number of nitrogens with one attached hydrogen (secondary N) is 2. The Bertz CT molecular complexity index is 1650. The van der Waals surface area contributed by atoms with E-state index >= 15 is 0 Å². The van der Waals surface area contributed by atoms with E-state index in [9.17, 15) is 13.2 Å². The van der Waals surface area contributed by atoms with Crippen molar-refractivity contribution in [3.8, 4) is 17.2 Å². The number of carbonyl (C=O) groups excluding carboxylic acids is 1. The monoisotopic (exact) mass is 581 g/mol. The Morgan fingerprint density at radius 3 is 2.58 bits per heavy atom. The zero-order valence-electron chi connectivity index (χ0n) is 21.9. The number of methoxy groups -OCH3 is 2. The van der Waals surface area contributed by atoms with Crippen LogP contribution in [0, 0.1) is 0 Å². The van der Waals surface area contributed by atoms with Crippen LogP contribution < -0.4 is 19.5 Å². The Kier molecular flexibility index (Phi) is 8.06. The predicted molar refractivity (Wildman–Crippen MR) is 151 cm³/mol. The van der Waals surface area contributed by atoms with Crippen molar-refractivity contribution in [2.75, 3.05) is 19.5 Å². The van der Waals surface area contributed by atoms with Crippen LogP contribution in [0.25, 0.3) is 5.69 Å². The number of sulfonamides is 1. The fraction of sp³-hybridized carbons (Fsp3) is 0.250. The Balaban J connectivity index is 1.44. The van der Waals surface area contributed by atoms with Crippen LogP contribution in [0.15, 0.2) is 71.9 Å². The van der Waals surface area contributed by atoms with Crippen molar-refractivity contribution < 1.29 is 22.7 Å². The number of ether oxygens (including phenoxy) is 2. The molecule has 0 radical (unpaired) electrons. The third kappa shape index (κ3) is 6.27. The molecule has 0 atom stereocenters. The Hall–Kier alpha value is -3.93. The highest BCUT2D eigenvalue weighted by atomic mass is 35.5. The van der Waals surface area contributed by atoms with Crippen LogP contribution >= 0.6 is 11.6 Å². The number of aromatic nitrogens is 3. The third-order valence-electron chi connectivity index (χ3n) is 6.49. The van der Waals surface area contributed by atoms with Gasteiger partial charge in [0, 0.05) is 34.8 Å². The second-order valence-corrected chi connectivity index (χ2v) is 11.5. The molecule has 1 heterocycles. The lowest BCUT2D eigenvalue weighted by molar-refractivity contribution is -0.115. The van der Waals surface area contributed by atoms with E-state index in [1.807, 2.05) is 0 Å². The molecular weight excluding hydrogens is 554 g/mol. The van der Waals surface area contributed by atoms with Gasteiger partial charge in [0.05, 0.1) is 26.3 Å². The molecule has 1 aliphatic carbocycles. The number of benzene rings is 3. The molecule has 2 N–H and O–H groups in total. The van der Waals surface area contributed by atoms with E-state index in [0.29, 0.717) is 50.8 Å². The molecule has 1 aliphatic rings. The number of hydrogen-bond acceptors (Lipinski definition) is 7. The number of anilines is 1. The SMILES string of the molecule is COc1ccc(CNS(=O)(=O)c2cc(NC(=O)Cc3ccccc3Cl)ccc2-n2cnc(C3CC3)n2)c(OC)c1. The van der Waals surface area contributed by atoms with Gasteiger partial charge >= 0.3 is 0 Å². The lowest BCUT2D eigenvalue weighted by Crippen LogP contribution is -2.25. The number of rotatable bonds is 11. The summed E-state index contributed by atoms with van der Waals surface area (Å²) in [5.74, 6) is 1.70. The third-order valence-corrected chi connectivity index (χ3v) is 8.29. The molecule has 5 rings (SSSR count). The van der Waals surface area contributed by atoms with Gasteiger partial charge in [0.1, 0.15) is 22.7 Å². The largest absolute Gasteiger partial charge is 0.497 e. The maximum Gasteiger partial charge on any atom is 0.243 e. The molecule has 1 aromatic heterocycles. The van der Waals surface area contributed by atoms with Gasteiger partial charge in [-0.2, -0.15) is 5.10 Å². The molecule has 0 bridgehead atoms. The summed E-state index contributed by atoms with van der Waals surface area (Å²) in [6.45, 7) is -0.0390. The van der Waals surface area contributed by atoms with Crippen molar-refractivity contribution >= 4 is 33.2 Å². The smallest absolute Gasteiger partial charge is 0.243 e. The molecule has 0 spiro atoms. The van der Waals surface area contributed by atoms with E-state index in [-0.39, 0.29) is 23.8 Å². The summed E-state index contributed by atoms with van der Waals surface area (Å²) in [5, 5.41) is 7.77. The van der Waals surface area contributed by atoms with Gasteiger partial charge in [-0.1, -0.05) is 35.9 Å². The first kappa shape index (κ1) is 27.6. The number of carbonyl (C=O) groups is 1. The molecule has 0 saturated heterocycles. The van der Waals surface area contributed by atoms with E-state index in [2.05, 4.69) is 20.1 Å². The van der Waals surface area contributed by atoms with Crippen molar-refractivity contribution in [3.05, 3.63) is 89.0 Å². The van der Waals surface area contributed by atoms with E-state index in [1.165, 1.54) is 31.3 Å². The maximum atomic E-state index is 13.7. The molecule has 4 aromatic rings. The first-order chi connectivity index (χ1) is 19.3. The highest BCUT2D eigenvalue weighted by Gasteiger charge is 2.29. The van der Waals surface area contributed by atoms with Gasteiger partial charge in [-0.3, -0.25) is 4.79 Å². The lowest BCUT2D eigenvalue weighted by atomic mass is 10.1. The van der Waals surface area contributed by atoms with E-state index in [0.717, 1.165) is 12.8 Å². The molecule has 1 amide bonds. The van der Waals surface area contributed by atoms with Crippen LogP contribution in [0.5, 0.6) is 11.5 Å². The zero-order valence-corrected chi connectivity index (χ0v) is 23.5. The summed E-state index contributed by atoms with van der Waals surface area (Å²) < 4.78 is 42.1. The normalized spacial score (nSPS) is 13.2. The van der Waals surface area contributed by atoms with E-state index in [4.69, 9.17) is 21.1 Å². The van der Waals surface area contributed by atoms with Gasteiger partial charge in [-0.25, -0.2) is 22.8 Å². The first-order valence-electron chi connectivity index (χ1n) is 12.6. The van der Waals surface area contributed by atoms with Gasteiger partial charge in [0.25, 0.3) is 0 Å². The summed E-state index contributed by atoms with van der Waals surface area (Å²) in [6, 6.07) is 16.8. The highest BCUT2D eigenvalue weighted by molar-refractivity contribution is 7.89. The minimum absolute atomic E-state index is 0.0346. The summed E-state index contributed by atoms with van der Waals surface area (Å²) >= 11 is 6.20. The second kappa shape index (κ2) is 11.7. The number of halogens is 1. The molecule has 12 heteroatoms. The molecule has 10 nitrogen and oxygen atoms in total.